The SMILES string of the molecule is CNC(=O)CCOc1cccc(Cl)c1CC(C)N. The van der Waals surface area contributed by atoms with Crippen molar-refractivity contribution in [1.29, 1.82) is 0 Å². The molecule has 1 unspecified atom stereocenters. The number of hydrogen-bond donors (Lipinski definition) is 2. The molecule has 0 aliphatic heterocycles. The first-order valence-electron chi connectivity index (χ1n) is 5.91. The number of ether oxygens (including phenoxy) is 1. The Kier molecular flexibility index (Phi) is 5.95. The Hall–Kier alpha value is -1.26. The molecular weight excluding hydrogens is 252 g/mol. The molecule has 5 heteroatoms. The predicted octanol–water partition coefficient (Wildman–Crippen LogP) is 1.74. The third-order valence-corrected chi connectivity index (χ3v) is 2.82. The average Bonchev–Trinajstić information content (AvgIpc) is 2.32. The topological polar surface area (TPSA) is 64.3 Å². The maximum atomic E-state index is 11.1. The van der Waals surface area contributed by atoms with Gasteiger partial charge in [-0.25, -0.2) is 0 Å². The van der Waals surface area contributed by atoms with Gasteiger partial charge in [0.25, 0.3) is 0 Å². The highest BCUT2D eigenvalue weighted by Gasteiger charge is 2.10. The van der Waals surface area contributed by atoms with Gasteiger partial charge in [0, 0.05) is 23.7 Å². The van der Waals surface area contributed by atoms with Crippen LogP contribution in [0.25, 0.3) is 0 Å². The minimum atomic E-state index is -0.0502. The van der Waals surface area contributed by atoms with Crippen LogP contribution < -0.4 is 15.8 Å². The van der Waals surface area contributed by atoms with E-state index in [0.717, 1.165) is 5.56 Å². The lowest BCUT2D eigenvalue weighted by Gasteiger charge is -2.14. The van der Waals surface area contributed by atoms with Crippen molar-refractivity contribution in [3.8, 4) is 5.75 Å². The van der Waals surface area contributed by atoms with Gasteiger partial charge in [-0.3, -0.25) is 4.79 Å². The van der Waals surface area contributed by atoms with Gasteiger partial charge in [-0.15, -0.1) is 0 Å². The molecule has 100 valence electrons. The zero-order valence-corrected chi connectivity index (χ0v) is 11.5. The molecule has 0 fully saturated rings. The Morgan fingerprint density at radius 3 is 2.89 bits per heavy atom. The number of amides is 1. The second-order valence-electron chi connectivity index (χ2n) is 4.17. The second kappa shape index (κ2) is 7.24. The van der Waals surface area contributed by atoms with Crippen molar-refractivity contribution in [2.24, 2.45) is 5.73 Å². The minimum absolute atomic E-state index is 0.00573. The summed E-state index contributed by atoms with van der Waals surface area (Å²) in [6, 6.07) is 5.48. The fourth-order valence-corrected chi connectivity index (χ4v) is 1.82. The van der Waals surface area contributed by atoms with Crippen molar-refractivity contribution in [3.05, 3.63) is 28.8 Å². The lowest BCUT2D eigenvalue weighted by molar-refractivity contribution is -0.121. The smallest absolute Gasteiger partial charge is 0.223 e. The number of halogens is 1. The molecule has 1 amide bonds. The first-order valence-corrected chi connectivity index (χ1v) is 6.28. The van der Waals surface area contributed by atoms with Crippen LogP contribution in [0.15, 0.2) is 18.2 Å². The fourth-order valence-electron chi connectivity index (χ4n) is 1.57. The lowest BCUT2D eigenvalue weighted by atomic mass is 10.1. The number of nitrogens with one attached hydrogen (secondary N) is 1. The molecule has 0 spiro atoms. The number of carbonyl (C=O) groups excluding carboxylic acids is 1. The van der Waals surface area contributed by atoms with Crippen molar-refractivity contribution in [1.82, 2.24) is 5.32 Å². The molecule has 1 rings (SSSR count). The highest BCUT2D eigenvalue weighted by Crippen LogP contribution is 2.27. The van der Waals surface area contributed by atoms with E-state index >= 15 is 0 Å². The summed E-state index contributed by atoms with van der Waals surface area (Å²) >= 11 is 6.13. The van der Waals surface area contributed by atoms with E-state index < -0.39 is 0 Å². The van der Waals surface area contributed by atoms with Crippen LogP contribution in [0.4, 0.5) is 0 Å². The number of nitrogens with two attached hydrogens (primary N) is 1. The van der Waals surface area contributed by atoms with Gasteiger partial charge in [0.15, 0.2) is 0 Å². The molecule has 0 bridgehead atoms. The van der Waals surface area contributed by atoms with E-state index in [2.05, 4.69) is 5.32 Å². The quantitative estimate of drug-likeness (QED) is 0.828. The Bertz CT molecular complexity index is 408. The van der Waals surface area contributed by atoms with E-state index in [1.54, 1.807) is 7.05 Å². The Labute approximate surface area is 112 Å². The molecule has 0 aliphatic carbocycles. The molecule has 0 aliphatic rings. The van der Waals surface area contributed by atoms with Crippen LogP contribution in [0.3, 0.4) is 0 Å². The standard InChI is InChI=1S/C13H19ClN2O2/c1-9(15)8-10-11(14)4-3-5-12(10)18-7-6-13(17)16-2/h3-5,9H,6-8,15H2,1-2H3,(H,16,17). The van der Waals surface area contributed by atoms with Gasteiger partial charge in [-0.1, -0.05) is 17.7 Å². The van der Waals surface area contributed by atoms with Gasteiger partial charge >= 0.3 is 0 Å². The van der Waals surface area contributed by atoms with Crippen LogP contribution in [0.2, 0.25) is 5.02 Å². The summed E-state index contributed by atoms with van der Waals surface area (Å²) in [6.07, 6.45) is 0.968. The highest BCUT2D eigenvalue weighted by atomic mass is 35.5. The van der Waals surface area contributed by atoms with Crippen LogP contribution in [-0.4, -0.2) is 25.6 Å². The predicted molar refractivity (Wildman–Crippen MR) is 73.0 cm³/mol. The summed E-state index contributed by atoms with van der Waals surface area (Å²) in [5, 5.41) is 3.19. The van der Waals surface area contributed by atoms with Gasteiger partial charge < -0.3 is 15.8 Å². The summed E-state index contributed by atoms with van der Waals surface area (Å²) < 4.78 is 5.59. The zero-order chi connectivity index (χ0) is 13.5. The molecule has 18 heavy (non-hydrogen) atoms. The van der Waals surface area contributed by atoms with Crippen LogP contribution in [-0.2, 0) is 11.2 Å². The number of rotatable bonds is 6. The van der Waals surface area contributed by atoms with Crippen molar-refractivity contribution in [2.75, 3.05) is 13.7 Å². The van der Waals surface area contributed by atoms with Gasteiger partial charge in [0.1, 0.15) is 5.75 Å². The van der Waals surface area contributed by atoms with Crippen LogP contribution >= 0.6 is 11.6 Å². The van der Waals surface area contributed by atoms with Crippen LogP contribution in [0, 0.1) is 0 Å². The molecule has 4 nitrogen and oxygen atoms in total. The third kappa shape index (κ3) is 4.55. The van der Waals surface area contributed by atoms with Crippen molar-refractivity contribution in [2.45, 2.75) is 25.8 Å². The lowest BCUT2D eigenvalue weighted by Crippen LogP contribution is -2.21. The molecule has 0 radical (unpaired) electrons. The first-order chi connectivity index (χ1) is 8.54. The van der Waals surface area contributed by atoms with Crippen molar-refractivity contribution < 1.29 is 9.53 Å². The fraction of sp³-hybridized carbons (Fsp3) is 0.462. The summed E-state index contributed by atoms with van der Waals surface area (Å²) in [5.74, 6) is 0.648. The molecule has 0 heterocycles. The Balaban J connectivity index is 2.69. The van der Waals surface area contributed by atoms with Gasteiger partial charge in [-0.05, 0) is 25.5 Å². The van der Waals surface area contributed by atoms with E-state index in [1.165, 1.54) is 0 Å². The van der Waals surface area contributed by atoms with E-state index in [4.69, 9.17) is 22.1 Å². The maximum absolute atomic E-state index is 11.1. The van der Waals surface area contributed by atoms with Gasteiger partial charge in [0.2, 0.25) is 5.91 Å². The normalized spacial score (nSPS) is 12.0. The zero-order valence-electron chi connectivity index (χ0n) is 10.7. The second-order valence-corrected chi connectivity index (χ2v) is 4.58. The van der Waals surface area contributed by atoms with Gasteiger partial charge in [0.05, 0.1) is 13.0 Å². The number of carbonyl (C=O) groups is 1. The summed E-state index contributed by atoms with van der Waals surface area (Å²) in [6.45, 7) is 2.24. The first kappa shape index (κ1) is 14.8. The maximum Gasteiger partial charge on any atom is 0.223 e. The molecule has 0 aromatic heterocycles. The van der Waals surface area contributed by atoms with E-state index in [1.807, 2.05) is 25.1 Å². The van der Waals surface area contributed by atoms with E-state index in [9.17, 15) is 4.79 Å². The average molecular weight is 271 g/mol. The molecule has 3 N–H and O–H groups in total. The largest absolute Gasteiger partial charge is 0.493 e. The molecule has 0 saturated heterocycles. The molecule has 0 saturated carbocycles. The summed E-state index contributed by atoms with van der Waals surface area (Å²) in [4.78, 5) is 11.1. The summed E-state index contributed by atoms with van der Waals surface area (Å²) in [7, 11) is 1.60. The molecular formula is C13H19ClN2O2. The number of hydrogen-bond acceptors (Lipinski definition) is 3. The summed E-state index contributed by atoms with van der Waals surface area (Å²) in [5.41, 5.74) is 6.68. The van der Waals surface area contributed by atoms with Crippen molar-refractivity contribution in [3.63, 3.8) is 0 Å². The van der Waals surface area contributed by atoms with Crippen LogP contribution in [0.1, 0.15) is 18.9 Å². The van der Waals surface area contributed by atoms with Crippen molar-refractivity contribution >= 4 is 17.5 Å². The van der Waals surface area contributed by atoms with E-state index in [-0.39, 0.29) is 11.9 Å². The molecule has 1 aromatic carbocycles. The highest BCUT2D eigenvalue weighted by molar-refractivity contribution is 6.31. The third-order valence-electron chi connectivity index (χ3n) is 2.47. The van der Waals surface area contributed by atoms with Gasteiger partial charge in [-0.2, -0.15) is 0 Å². The molecule has 1 atom stereocenters. The monoisotopic (exact) mass is 270 g/mol. The van der Waals surface area contributed by atoms with E-state index in [0.29, 0.717) is 30.2 Å². The Morgan fingerprint density at radius 1 is 1.56 bits per heavy atom. The van der Waals surface area contributed by atoms with Crippen LogP contribution in [0.5, 0.6) is 5.75 Å². The molecule has 1 aromatic rings. The minimum Gasteiger partial charge on any atom is -0.493 e. The number of benzene rings is 1. The Morgan fingerprint density at radius 2 is 2.28 bits per heavy atom.